The maximum atomic E-state index is 11.9. The van der Waals surface area contributed by atoms with Gasteiger partial charge in [-0.05, 0) is 18.6 Å². The zero-order valence-electron chi connectivity index (χ0n) is 11.8. The molecule has 1 N–H and O–H groups in total. The van der Waals surface area contributed by atoms with Gasteiger partial charge in [0.2, 0.25) is 5.91 Å². The fraction of sp³-hybridized carbons (Fsp3) is 0.294. The molecule has 0 aliphatic rings. The zero-order chi connectivity index (χ0) is 14.2. The lowest BCUT2D eigenvalue weighted by atomic mass is 10.2. The molecule has 1 aromatic carbocycles. The molecule has 0 bridgehead atoms. The van der Waals surface area contributed by atoms with Crippen molar-refractivity contribution in [2.24, 2.45) is 0 Å². The van der Waals surface area contributed by atoms with Gasteiger partial charge in [0.25, 0.3) is 0 Å². The molecule has 3 nitrogen and oxygen atoms in total. The molecule has 1 aromatic heterocycles. The van der Waals surface area contributed by atoms with Crippen molar-refractivity contribution in [3.63, 3.8) is 0 Å². The third-order valence-electron chi connectivity index (χ3n) is 3.10. The first-order valence-electron chi connectivity index (χ1n) is 7.10. The number of rotatable bonds is 6. The van der Waals surface area contributed by atoms with Crippen LogP contribution in [0.1, 0.15) is 32.6 Å². The predicted octanol–water partition coefficient (Wildman–Crippen LogP) is 4.31. The number of benzene rings is 1. The summed E-state index contributed by atoms with van der Waals surface area (Å²) in [6, 6.07) is 9.68. The van der Waals surface area contributed by atoms with Crippen molar-refractivity contribution < 1.29 is 4.79 Å². The molecule has 1 amide bonds. The first-order chi connectivity index (χ1) is 9.81. The molecule has 0 fully saturated rings. The number of hydrogen-bond donors (Lipinski definition) is 1. The van der Waals surface area contributed by atoms with Crippen molar-refractivity contribution in [3.8, 4) is 0 Å². The SMILES string of the molecule is CCCC/C=C/CC(=O)Nc1cccc2cccnc12. The highest BCUT2D eigenvalue weighted by atomic mass is 16.1. The lowest BCUT2D eigenvalue weighted by Gasteiger charge is -2.06. The van der Waals surface area contributed by atoms with Crippen LogP contribution >= 0.6 is 0 Å². The monoisotopic (exact) mass is 268 g/mol. The summed E-state index contributed by atoms with van der Waals surface area (Å²) in [5.74, 6) is -0.00379. The Kier molecular flexibility index (Phi) is 5.30. The molecule has 0 saturated carbocycles. The Bertz CT molecular complexity index is 599. The minimum atomic E-state index is -0.00379. The Labute approximate surface area is 119 Å². The predicted molar refractivity (Wildman–Crippen MR) is 83.7 cm³/mol. The van der Waals surface area contributed by atoms with Crippen molar-refractivity contribution >= 4 is 22.5 Å². The third-order valence-corrected chi connectivity index (χ3v) is 3.10. The number of carbonyl (C=O) groups excluding carboxylic acids is 1. The first kappa shape index (κ1) is 14.3. The maximum absolute atomic E-state index is 11.9. The smallest absolute Gasteiger partial charge is 0.228 e. The van der Waals surface area contributed by atoms with Crippen LogP contribution in [0.15, 0.2) is 48.7 Å². The average Bonchev–Trinajstić information content (AvgIpc) is 2.47. The van der Waals surface area contributed by atoms with E-state index >= 15 is 0 Å². The van der Waals surface area contributed by atoms with Crippen LogP contribution in [0.4, 0.5) is 5.69 Å². The Morgan fingerprint density at radius 2 is 2.10 bits per heavy atom. The highest BCUT2D eigenvalue weighted by Gasteiger charge is 2.04. The fourth-order valence-corrected chi connectivity index (χ4v) is 2.04. The van der Waals surface area contributed by atoms with E-state index in [0.717, 1.165) is 23.0 Å². The van der Waals surface area contributed by atoms with Crippen LogP contribution in [-0.2, 0) is 4.79 Å². The summed E-state index contributed by atoms with van der Waals surface area (Å²) < 4.78 is 0. The van der Waals surface area contributed by atoms with Gasteiger partial charge in [-0.1, -0.05) is 50.1 Å². The van der Waals surface area contributed by atoms with E-state index in [1.807, 2.05) is 36.4 Å². The largest absolute Gasteiger partial charge is 0.324 e. The molecule has 20 heavy (non-hydrogen) atoms. The molecule has 0 aliphatic heterocycles. The number of amides is 1. The van der Waals surface area contributed by atoms with Crippen LogP contribution < -0.4 is 5.32 Å². The number of nitrogens with one attached hydrogen (secondary N) is 1. The average molecular weight is 268 g/mol. The highest BCUT2D eigenvalue weighted by Crippen LogP contribution is 2.20. The van der Waals surface area contributed by atoms with E-state index in [1.54, 1.807) is 6.20 Å². The number of para-hydroxylation sites is 1. The molecule has 0 atom stereocenters. The van der Waals surface area contributed by atoms with Gasteiger partial charge in [0.15, 0.2) is 0 Å². The molecule has 0 unspecified atom stereocenters. The van der Waals surface area contributed by atoms with Gasteiger partial charge in [0.1, 0.15) is 0 Å². The van der Waals surface area contributed by atoms with E-state index in [2.05, 4.69) is 23.3 Å². The van der Waals surface area contributed by atoms with Crippen molar-refractivity contribution in [1.29, 1.82) is 0 Å². The molecule has 3 heteroatoms. The molecule has 2 rings (SSSR count). The van der Waals surface area contributed by atoms with Gasteiger partial charge < -0.3 is 5.32 Å². The van der Waals surface area contributed by atoms with Crippen LogP contribution in [-0.4, -0.2) is 10.9 Å². The van der Waals surface area contributed by atoms with E-state index < -0.39 is 0 Å². The molecular formula is C17H20N2O. The van der Waals surface area contributed by atoms with Gasteiger partial charge in [-0.25, -0.2) is 0 Å². The second-order valence-corrected chi connectivity index (χ2v) is 4.75. The summed E-state index contributed by atoms with van der Waals surface area (Å²) in [6.07, 6.45) is 9.55. The van der Waals surface area contributed by atoms with Crippen LogP contribution in [0.3, 0.4) is 0 Å². The summed E-state index contributed by atoms with van der Waals surface area (Å²) in [6.45, 7) is 2.16. The molecule has 104 valence electrons. The topological polar surface area (TPSA) is 42.0 Å². The summed E-state index contributed by atoms with van der Waals surface area (Å²) in [5, 5.41) is 3.95. The zero-order valence-corrected chi connectivity index (χ0v) is 11.8. The number of unbranched alkanes of at least 4 members (excludes halogenated alkanes) is 2. The van der Waals surface area contributed by atoms with Crippen LogP contribution in [0, 0.1) is 0 Å². The lowest BCUT2D eigenvalue weighted by Crippen LogP contribution is -2.10. The van der Waals surface area contributed by atoms with Crippen molar-refractivity contribution in [2.75, 3.05) is 5.32 Å². The Morgan fingerprint density at radius 3 is 2.95 bits per heavy atom. The summed E-state index contributed by atoms with van der Waals surface area (Å²) in [5.41, 5.74) is 1.60. The number of nitrogens with zero attached hydrogens (tertiary/aromatic N) is 1. The van der Waals surface area contributed by atoms with Crippen molar-refractivity contribution in [2.45, 2.75) is 32.6 Å². The molecule has 1 heterocycles. The van der Waals surface area contributed by atoms with E-state index in [1.165, 1.54) is 12.8 Å². The minimum Gasteiger partial charge on any atom is -0.324 e. The maximum Gasteiger partial charge on any atom is 0.228 e. The van der Waals surface area contributed by atoms with Gasteiger partial charge in [-0.15, -0.1) is 0 Å². The Hall–Kier alpha value is -2.16. The second kappa shape index (κ2) is 7.43. The fourth-order valence-electron chi connectivity index (χ4n) is 2.04. The normalized spacial score (nSPS) is 11.1. The number of hydrogen-bond acceptors (Lipinski definition) is 2. The van der Waals surface area contributed by atoms with Crippen molar-refractivity contribution in [1.82, 2.24) is 4.98 Å². The van der Waals surface area contributed by atoms with Crippen LogP contribution in [0.2, 0.25) is 0 Å². The number of pyridine rings is 1. The Balaban J connectivity index is 1.98. The number of fused-ring (bicyclic) bond motifs is 1. The standard InChI is InChI=1S/C17H20N2O/c1-2-3-4-5-6-12-16(20)19-15-11-7-9-14-10-8-13-18-17(14)15/h5-11,13H,2-4,12H2,1H3,(H,19,20)/b6-5+. The number of anilines is 1. The molecular weight excluding hydrogens is 248 g/mol. The van der Waals surface area contributed by atoms with Gasteiger partial charge in [-0.2, -0.15) is 0 Å². The summed E-state index contributed by atoms with van der Waals surface area (Å²) in [4.78, 5) is 16.2. The van der Waals surface area contributed by atoms with E-state index in [0.29, 0.717) is 6.42 Å². The van der Waals surface area contributed by atoms with Gasteiger partial charge in [0, 0.05) is 18.0 Å². The Morgan fingerprint density at radius 1 is 1.25 bits per heavy atom. The second-order valence-electron chi connectivity index (χ2n) is 4.75. The molecule has 0 spiro atoms. The summed E-state index contributed by atoms with van der Waals surface area (Å²) in [7, 11) is 0. The number of aromatic nitrogens is 1. The van der Waals surface area contributed by atoms with Gasteiger partial charge in [0.05, 0.1) is 11.2 Å². The number of allylic oxidation sites excluding steroid dienone is 1. The quantitative estimate of drug-likeness (QED) is 0.626. The lowest BCUT2D eigenvalue weighted by molar-refractivity contribution is -0.115. The number of carbonyl (C=O) groups is 1. The highest BCUT2D eigenvalue weighted by molar-refractivity contribution is 6.00. The third kappa shape index (κ3) is 3.92. The van der Waals surface area contributed by atoms with E-state index in [4.69, 9.17) is 0 Å². The molecule has 0 saturated heterocycles. The molecule has 0 aliphatic carbocycles. The van der Waals surface area contributed by atoms with Gasteiger partial charge >= 0.3 is 0 Å². The first-order valence-corrected chi connectivity index (χ1v) is 7.10. The van der Waals surface area contributed by atoms with Crippen LogP contribution in [0.25, 0.3) is 10.9 Å². The van der Waals surface area contributed by atoms with Gasteiger partial charge in [-0.3, -0.25) is 9.78 Å². The van der Waals surface area contributed by atoms with E-state index in [-0.39, 0.29) is 5.91 Å². The van der Waals surface area contributed by atoms with Crippen molar-refractivity contribution in [3.05, 3.63) is 48.7 Å². The van der Waals surface area contributed by atoms with Crippen LogP contribution in [0.5, 0.6) is 0 Å². The molecule has 0 radical (unpaired) electrons. The van der Waals surface area contributed by atoms with E-state index in [9.17, 15) is 4.79 Å². The summed E-state index contributed by atoms with van der Waals surface area (Å²) >= 11 is 0. The minimum absolute atomic E-state index is 0.00379. The molecule has 2 aromatic rings.